The van der Waals surface area contributed by atoms with Crippen LogP contribution in [-0.2, 0) is 11.2 Å². The molecule has 0 spiro atoms. The summed E-state index contributed by atoms with van der Waals surface area (Å²) < 4.78 is 12.7. The van der Waals surface area contributed by atoms with Gasteiger partial charge in [0.25, 0.3) is 0 Å². The van der Waals surface area contributed by atoms with E-state index in [1.807, 2.05) is 0 Å². The third-order valence-electron chi connectivity index (χ3n) is 2.79. The molecule has 18 heavy (non-hydrogen) atoms. The minimum absolute atomic E-state index is 0.122. The van der Waals surface area contributed by atoms with Gasteiger partial charge in [-0.15, -0.1) is 0 Å². The number of amides is 1. The molecule has 1 rings (SSSR count). The van der Waals surface area contributed by atoms with Gasteiger partial charge < -0.3 is 10.2 Å². The average Bonchev–Trinajstić information content (AvgIpc) is 2.32. The zero-order valence-electron chi connectivity index (χ0n) is 11.2. The molecule has 0 aromatic heterocycles. The monoisotopic (exact) mass is 252 g/mol. The molecule has 1 aromatic rings. The van der Waals surface area contributed by atoms with Gasteiger partial charge in [-0.3, -0.25) is 4.79 Å². The lowest BCUT2D eigenvalue weighted by molar-refractivity contribution is -0.128. The first kappa shape index (κ1) is 14.6. The van der Waals surface area contributed by atoms with E-state index in [9.17, 15) is 9.18 Å². The second-order valence-corrected chi connectivity index (χ2v) is 4.72. The Labute approximate surface area is 108 Å². The first-order valence-corrected chi connectivity index (χ1v) is 6.17. The van der Waals surface area contributed by atoms with E-state index in [1.165, 1.54) is 12.1 Å². The van der Waals surface area contributed by atoms with Crippen molar-refractivity contribution in [1.82, 2.24) is 10.2 Å². The maximum atomic E-state index is 12.7. The van der Waals surface area contributed by atoms with E-state index in [1.54, 1.807) is 31.1 Å². The minimum Gasteiger partial charge on any atom is -0.349 e. The molecule has 0 saturated heterocycles. The molecule has 0 radical (unpaired) electrons. The van der Waals surface area contributed by atoms with Crippen LogP contribution in [0.25, 0.3) is 0 Å². The second-order valence-electron chi connectivity index (χ2n) is 4.72. The average molecular weight is 252 g/mol. The summed E-state index contributed by atoms with van der Waals surface area (Å²) in [4.78, 5) is 13.0. The molecule has 1 aromatic carbocycles. The van der Waals surface area contributed by atoms with Crippen LogP contribution >= 0.6 is 0 Å². The fourth-order valence-electron chi connectivity index (χ4n) is 1.70. The molecular weight excluding hydrogens is 231 g/mol. The highest BCUT2D eigenvalue weighted by atomic mass is 19.1. The van der Waals surface area contributed by atoms with E-state index >= 15 is 0 Å². The molecule has 0 aliphatic heterocycles. The van der Waals surface area contributed by atoms with E-state index < -0.39 is 0 Å². The third-order valence-corrected chi connectivity index (χ3v) is 2.79. The molecule has 0 saturated carbocycles. The zero-order chi connectivity index (χ0) is 13.5. The van der Waals surface area contributed by atoms with E-state index in [4.69, 9.17) is 0 Å². The maximum Gasteiger partial charge on any atom is 0.223 e. The van der Waals surface area contributed by atoms with Crippen LogP contribution in [0.3, 0.4) is 0 Å². The number of hydrogen-bond acceptors (Lipinski definition) is 2. The topological polar surface area (TPSA) is 32.3 Å². The minimum atomic E-state index is -0.212. The highest BCUT2D eigenvalue weighted by Gasteiger charge is 2.06. The van der Waals surface area contributed by atoms with Crippen LogP contribution in [0.1, 0.15) is 18.9 Å². The lowest BCUT2D eigenvalue weighted by atomic mass is 10.1. The van der Waals surface area contributed by atoms with Crippen molar-refractivity contribution in [3.05, 3.63) is 35.6 Å². The summed E-state index contributed by atoms with van der Waals surface area (Å²) in [6.07, 6.45) is 1.33. The Morgan fingerprint density at radius 1 is 1.33 bits per heavy atom. The molecule has 0 bridgehead atoms. The Bertz CT molecular complexity index is 376. The summed E-state index contributed by atoms with van der Waals surface area (Å²) >= 11 is 0. The normalized spacial score (nSPS) is 12.2. The van der Waals surface area contributed by atoms with E-state index in [0.717, 1.165) is 12.0 Å². The fraction of sp³-hybridized carbons (Fsp3) is 0.500. The van der Waals surface area contributed by atoms with Crippen molar-refractivity contribution in [2.45, 2.75) is 25.8 Å². The summed E-state index contributed by atoms with van der Waals surface area (Å²) in [6.45, 7) is 2.73. The lowest BCUT2D eigenvalue weighted by Gasteiger charge is -2.15. The van der Waals surface area contributed by atoms with Crippen LogP contribution in [0.4, 0.5) is 4.39 Å². The van der Waals surface area contributed by atoms with Crippen molar-refractivity contribution < 1.29 is 9.18 Å². The largest absolute Gasteiger partial charge is 0.349 e. The van der Waals surface area contributed by atoms with Crippen LogP contribution in [0.2, 0.25) is 0 Å². The Kier molecular flexibility index (Phi) is 5.78. The first-order chi connectivity index (χ1) is 8.49. The summed E-state index contributed by atoms with van der Waals surface area (Å²) in [6, 6.07) is 6.79. The fourth-order valence-corrected chi connectivity index (χ4v) is 1.70. The molecule has 100 valence electrons. The van der Waals surface area contributed by atoms with Gasteiger partial charge in [0.2, 0.25) is 5.91 Å². The van der Waals surface area contributed by atoms with Crippen molar-refractivity contribution in [2.75, 3.05) is 20.6 Å². The number of halogens is 1. The van der Waals surface area contributed by atoms with Crippen LogP contribution < -0.4 is 5.32 Å². The molecule has 0 heterocycles. The van der Waals surface area contributed by atoms with Gasteiger partial charge in [-0.25, -0.2) is 4.39 Å². The Hall–Kier alpha value is -1.42. The predicted octanol–water partition coefficient (Wildman–Crippen LogP) is 1.82. The SMILES string of the molecule is CC(Cc1ccc(F)cc1)NCCC(=O)N(C)C. The van der Waals surface area contributed by atoms with Crippen LogP contribution in [0.5, 0.6) is 0 Å². The highest BCUT2D eigenvalue weighted by Crippen LogP contribution is 2.05. The molecule has 0 fully saturated rings. The van der Waals surface area contributed by atoms with Gasteiger partial charge in [0.15, 0.2) is 0 Å². The molecule has 4 heteroatoms. The number of rotatable bonds is 6. The van der Waals surface area contributed by atoms with Crippen molar-refractivity contribution in [1.29, 1.82) is 0 Å². The van der Waals surface area contributed by atoms with Crippen molar-refractivity contribution >= 4 is 5.91 Å². The van der Waals surface area contributed by atoms with Crippen LogP contribution in [-0.4, -0.2) is 37.5 Å². The Balaban J connectivity index is 2.27. The van der Waals surface area contributed by atoms with E-state index in [-0.39, 0.29) is 17.8 Å². The second kappa shape index (κ2) is 7.11. The van der Waals surface area contributed by atoms with Crippen LogP contribution in [0.15, 0.2) is 24.3 Å². The molecule has 1 atom stereocenters. The van der Waals surface area contributed by atoms with Gasteiger partial charge in [0.1, 0.15) is 5.82 Å². The summed E-state index contributed by atoms with van der Waals surface area (Å²) in [5, 5.41) is 3.29. The maximum absolute atomic E-state index is 12.7. The number of nitrogens with one attached hydrogen (secondary N) is 1. The number of carbonyl (C=O) groups is 1. The summed E-state index contributed by atoms with van der Waals surface area (Å²) in [5.41, 5.74) is 1.09. The smallest absolute Gasteiger partial charge is 0.223 e. The quantitative estimate of drug-likeness (QED) is 0.837. The third kappa shape index (κ3) is 5.27. The van der Waals surface area contributed by atoms with E-state index in [2.05, 4.69) is 12.2 Å². The Morgan fingerprint density at radius 3 is 2.50 bits per heavy atom. The molecule has 1 unspecified atom stereocenters. The highest BCUT2D eigenvalue weighted by molar-refractivity contribution is 5.75. The Morgan fingerprint density at radius 2 is 1.94 bits per heavy atom. The standard InChI is InChI=1S/C14H21FN2O/c1-11(16-9-8-14(18)17(2)3)10-12-4-6-13(15)7-5-12/h4-7,11,16H,8-10H2,1-3H3. The predicted molar refractivity (Wildman–Crippen MR) is 70.9 cm³/mol. The van der Waals surface area contributed by atoms with Gasteiger partial charge in [0, 0.05) is 33.1 Å². The molecule has 1 amide bonds. The molecule has 1 N–H and O–H groups in total. The molecule has 0 aliphatic rings. The lowest BCUT2D eigenvalue weighted by Crippen LogP contribution is -2.32. The number of carbonyl (C=O) groups excluding carboxylic acids is 1. The van der Waals surface area contributed by atoms with Gasteiger partial charge in [-0.1, -0.05) is 12.1 Å². The van der Waals surface area contributed by atoms with Gasteiger partial charge in [-0.05, 0) is 31.0 Å². The molecular formula is C14H21FN2O. The zero-order valence-corrected chi connectivity index (χ0v) is 11.2. The number of nitrogens with zero attached hydrogens (tertiary/aromatic N) is 1. The van der Waals surface area contributed by atoms with Gasteiger partial charge in [0.05, 0.1) is 0 Å². The van der Waals surface area contributed by atoms with Crippen molar-refractivity contribution in [3.8, 4) is 0 Å². The van der Waals surface area contributed by atoms with Crippen LogP contribution in [0, 0.1) is 5.82 Å². The van der Waals surface area contributed by atoms with Crippen molar-refractivity contribution in [3.63, 3.8) is 0 Å². The first-order valence-electron chi connectivity index (χ1n) is 6.17. The summed E-state index contributed by atoms with van der Waals surface area (Å²) in [5.74, 6) is -0.0903. The summed E-state index contributed by atoms with van der Waals surface area (Å²) in [7, 11) is 3.51. The van der Waals surface area contributed by atoms with Gasteiger partial charge >= 0.3 is 0 Å². The molecule has 0 aliphatic carbocycles. The van der Waals surface area contributed by atoms with Crippen molar-refractivity contribution in [2.24, 2.45) is 0 Å². The number of benzene rings is 1. The molecule has 3 nitrogen and oxygen atoms in total. The van der Waals surface area contributed by atoms with Gasteiger partial charge in [-0.2, -0.15) is 0 Å². The number of hydrogen-bond donors (Lipinski definition) is 1. The van der Waals surface area contributed by atoms with E-state index in [0.29, 0.717) is 13.0 Å².